The number of aryl methyl sites for hydroxylation is 1. The van der Waals surface area contributed by atoms with Crippen molar-refractivity contribution in [2.75, 3.05) is 21.3 Å². The van der Waals surface area contributed by atoms with E-state index in [1.807, 2.05) is 6.92 Å². The summed E-state index contributed by atoms with van der Waals surface area (Å²) in [5.41, 5.74) is 1.30. The lowest BCUT2D eigenvalue weighted by molar-refractivity contribution is 0.202. The Morgan fingerprint density at radius 3 is 2.33 bits per heavy atom. The highest BCUT2D eigenvalue weighted by Gasteiger charge is 2.22. The minimum atomic E-state index is -0.859. The van der Waals surface area contributed by atoms with Gasteiger partial charge in [-0.05, 0) is 24.6 Å². The summed E-state index contributed by atoms with van der Waals surface area (Å²) in [5.74, 6) is 1.74. The molecule has 1 aromatic heterocycles. The van der Waals surface area contributed by atoms with Crippen LogP contribution in [-0.2, 0) is 6.54 Å². The molecule has 0 saturated carbocycles. The van der Waals surface area contributed by atoms with Crippen LogP contribution in [-0.4, -0.2) is 36.2 Å². The van der Waals surface area contributed by atoms with E-state index in [9.17, 15) is 5.11 Å². The Kier molecular flexibility index (Phi) is 4.70. The number of hydrogen-bond acceptors (Lipinski definition) is 5. The fraction of sp³-hybridized carbons (Fsp3) is 0.400. The van der Waals surface area contributed by atoms with Gasteiger partial charge in [0.05, 0.1) is 27.5 Å². The van der Waals surface area contributed by atoms with Crippen LogP contribution in [0.3, 0.4) is 0 Å². The van der Waals surface area contributed by atoms with Crippen molar-refractivity contribution in [3.05, 3.63) is 35.7 Å². The average molecular weight is 292 g/mol. The van der Waals surface area contributed by atoms with Crippen molar-refractivity contribution in [2.45, 2.75) is 19.6 Å². The molecule has 0 fully saturated rings. The van der Waals surface area contributed by atoms with Crippen LogP contribution in [0.25, 0.3) is 0 Å². The minimum absolute atomic E-state index is 0.555. The molecule has 1 N–H and O–H groups in total. The number of methoxy groups -OCH3 is 3. The minimum Gasteiger partial charge on any atom is -0.493 e. The third kappa shape index (κ3) is 2.80. The Morgan fingerprint density at radius 1 is 1.10 bits per heavy atom. The molecule has 21 heavy (non-hydrogen) atoms. The predicted molar refractivity (Wildman–Crippen MR) is 78.1 cm³/mol. The van der Waals surface area contributed by atoms with E-state index in [1.165, 1.54) is 0 Å². The van der Waals surface area contributed by atoms with Crippen molar-refractivity contribution in [1.29, 1.82) is 0 Å². The zero-order chi connectivity index (χ0) is 15.4. The van der Waals surface area contributed by atoms with Crippen molar-refractivity contribution in [1.82, 2.24) is 9.78 Å². The van der Waals surface area contributed by atoms with E-state index >= 15 is 0 Å². The maximum atomic E-state index is 10.7. The molecule has 0 amide bonds. The molecule has 2 rings (SSSR count). The molecule has 0 aliphatic rings. The van der Waals surface area contributed by atoms with Gasteiger partial charge < -0.3 is 19.3 Å². The Balaban J connectivity index is 2.44. The molecule has 1 aromatic carbocycles. The normalized spacial score (nSPS) is 12.0. The third-order valence-electron chi connectivity index (χ3n) is 3.35. The summed E-state index contributed by atoms with van der Waals surface area (Å²) in [5, 5.41) is 14.9. The van der Waals surface area contributed by atoms with Crippen LogP contribution in [0.4, 0.5) is 0 Å². The van der Waals surface area contributed by atoms with Crippen molar-refractivity contribution in [3.8, 4) is 17.2 Å². The number of ether oxygens (including phenoxy) is 3. The van der Waals surface area contributed by atoms with Gasteiger partial charge in [-0.2, -0.15) is 5.10 Å². The van der Waals surface area contributed by atoms with Crippen molar-refractivity contribution < 1.29 is 19.3 Å². The zero-order valence-corrected chi connectivity index (χ0v) is 12.7. The molecule has 6 nitrogen and oxygen atoms in total. The third-order valence-corrected chi connectivity index (χ3v) is 3.35. The molecule has 1 unspecified atom stereocenters. The number of aliphatic hydroxyl groups excluding tert-OH is 1. The second kappa shape index (κ2) is 6.49. The number of rotatable bonds is 6. The van der Waals surface area contributed by atoms with E-state index in [0.717, 1.165) is 0 Å². The molecule has 2 aromatic rings. The SMILES string of the molecule is CCn1ncc(OC)c1C(O)c1ccc(OC)c(OC)c1. The monoisotopic (exact) mass is 292 g/mol. The van der Waals surface area contributed by atoms with Gasteiger partial charge in [-0.1, -0.05) is 6.07 Å². The quantitative estimate of drug-likeness (QED) is 0.882. The van der Waals surface area contributed by atoms with Gasteiger partial charge in [0.25, 0.3) is 0 Å². The second-order valence-corrected chi connectivity index (χ2v) is 4.43. The second-order valence-electron chi connectivity index (χ2n) is 4.43. The summed E-state index contributed by atoms with van der Waals surface area (Å²) in [6, 6.07) is 5.30. The highest BCUT2D eigenvalue weighted by Crippen LogP contribution is 2.35. The zero-order valence-electron chi connectivity index (χ0n) is 12.7. The first-order valence-corrected chi connectivity index (χ1v) is 6.65. The highest BCUT2D eigenvalue weighted by atomic mass is 16.5. The molecule has 0 saturated heterocycles. The molecule has 1 heterocycles. The van der Waals surface area contributed by atoms with Gasteiger partial charge in [-0.3, -0.25) is 4.68 Å². The van der Waals surface area contributed by atoms with E-state index in [2.05, 4.69) is 5.10 Å². The van der Waals surface area contributed by atoms with E-state index in [-0.39, 0.29) is 0 Å². The number of benzene rings is 1. The van der Waals surface area contributed by atoms with Gasteiger partial charge in [0.15, 0.2) is 17.2 Å². The van der Waals surface area contributed by atoms with Gasteiger partial charge >= 0.3 is 0 Å². The molecular weight excluding hydrogens is 272 g/mol. The molecule has 6 heteroatoms. The van der Waals surface area contributed by atoms with Crippen molar-refractivity contribution in [2.24, 2.45) is 0 Å². The first-order valence-electron chi connectivity index (χ1n) is 6.65. The molecular formula is C15H20N2O4. The summed E-state index contributed by atoms with van der Waals surface area (Å²) in [7, 11) is 4.69. The number of aromatic nitrogens is 2. The predicted octanol–water partition coefficient (Wildman–Crippen LogP) is 2.01. The molecule has 1 atom stereocenters. The first kappa shape index (κ1) is 15.2. The Hall–Kier alpha value is -2.21. The summed E-state index contributed by atoms with van der Waals surface area (Å²) in [6.07, 6.45) is 0.741. The Morgan fingerprint density at radius 2 is 1.76 bits per heavy atom. The first-order chi connectivity index (χ1) is 10.2. The average Bonchev–Trinajstić information content (AvgIpc) is 2.96. The van der Waals surface area contributed by atoms with Gasteiger partial charge in [-0.25, -0.2) is 0 Å². The van der Waals surface area contributed by atoms with E-state index in [4.69, 9.17) is 14.2 Å². The van der Waals surface area contributed by atoms with E-state index in [1.54, 1.807) is 50.4 Å². The largest absolute Gasteiger partial charge is 0.493 e. The lowest BCUT2D eigenvalue weighted by Crippen LogP contribution is -2.10. The molecule has 0 radical (unpaired) electrons. The summed E-state index contributed by atoms with van der Waals surface area (Å²) < 4.78 is 17.5. The fourth-order valence-electron chi connectivity index (χ4n) is 2.24. The Labute approximate surface area is 123 Å². The lowest BCUT2D eigenvalue weighted by Gasteiger charge is -2.16. The van der Waals surface area contributed by atoms with Gasteiger partial charge in [-0.15, -0.1) is 0 Å². The van der Waals surface area contributed by atoms with Crippen LogP contribution in [0.1, 0.15) is 24.3 Å². The fourth-order valence-corrected chi connectivity index (χ4v) is 2.24. The summed E-state index contributed by atoms with van der Waals surface area (Å²) >= 11 is 0. The molecule has 0 aliphatic heterocycles. The van der Waals surface area contributed by atoms with Crippen LogP contribution in [0.15, 0.2) is 24.4 Å². The van der Waals surface area contributed by atoms with Crippen molar-refractivity contribution in [3.63, 3.8) is 0 Å². The number of aliphatic hydroxyl groups is 1. The molecule has 0 bridgehead atoms. The van der Waals surface area contributed by atoms with E-state index < -0.39 is 6.10 Å². The molecule has 0 spiro atoms. The van der Waals surface area contributed by atoms with E-state index in [0.29, 0.717) is 35.1 Å². The summed E-state index contributed by atoms with van der Waals surface area (Å²) in [4.78, 5) is 0. The molecule has 0 aliphatic carbocycles. The van der Waals surface area contributed by atoms with Crippen LogP contribution >= 0.6 is 0 Å². The Bertz CT molecular complexity index is 588. The lowest BCUT2D eigenvalue weighted by atomic mass is 10.1. The molecule has 114 valence electrons. The van der Waals surface area contributed by atoms with Gasteiger partial charge in [0.1, 0.15) is 11.8 Å². The van der Waals surface area contributed by atoms with Crippen LogP contribution in [0, 0.1) is 0 Å². The standard InChI is InChI=1S/C15H20N2O4/c1-5-17-14(13(21-4)9-16-17)15(18)10-6-7-11(19-2)12(8-10)20-3/h6-9,15,18H,5H2,1-4H3. The van der Waals surface area contributed by atoms with Crippen molar-refractivity contribution >= 4 is 0 Å². The van der Waals surface area contributed by atoms with Crippen LogP contribution in [0.2, 0.25) is 0 Å². The van der Waals surface area contributed by atoms with Crippen LogP contribution in [0.5, 0.6) is 17.2 Å². The summed E-state index contributed by atoms with van der Waals surface area (Å²) in [6.45, 7) is 2.60. The number of hydrogen-bond donors (Lipinski definition) is 1. The van der Waals surface area contributed by atoms with Gasteiger partial charge in [0.2, 0.25) is 0 Å². The highest BCUT2D eigenvalue weighted by molar-refractivity contribution is 5.46. The smallest absolute Gasteiger partial charge is 0.163 e. The number of nitrogens with zero attached hydrogens (tertiary/aromatic N) is 2. The topological polar surface area (TPSA) is 65.7 Å². The maximum Gasteiger partial charge on any atom is 0.163 e. The van der Waals surface area contributed by atoms with Crippen LogP contribution < -0.4 is 14.2 Å². The van der Waals surface area contributed by atoms with Gasteiger partial charge in [0, 0.05) is 6.54 Å². The maximum absolute atomic E-state index is 10.7.